The fourth-order valence-corrected chi connectivity index (χ4v) is 2.56. The summed E-state index contributed by atoms with van der Waals surface area (Å²) >= 11 is 1.51. The lowest BCUT2D eigenvalue weighted by Crippen LogP contribution is -2.00. The van der Waals surface area contributed by atoms with Gasteiger partial charge >= 0.3 is 0 Å². The quantitative estimate of drug-likeness (QED) is 0.830. The second-order valence-corrected chi connectivity index (χ2v) is 5.25. The molecule has 102 valence electrons. The Hall–Kier alpha value is -2.06. The number of nitrogens with one attached hydrogen (secondary N) is 1. The molecule has 0 atom stereocenters. The van der Waals surface area contributed by atoms with Crippen molar-refractivity contribution in [1.29, 1.82) is 5.26 Å². The molecule has 20 heavy (non-hydrogen) atoms. The molecule has 5 heteroatoms. The first kappa shape index (κ1) is 14.4. The molecule has 0 aliphatic heterocycles. The number of halogens is 2. The van der Waals surface area contributed by atoms with Crippen molar-refractivity contribution in [2.24, 2.45) is 0 Å². The molecule has 0 spiro atoms. The third-order valence-corrected chi connectivity index (χ3v) is 3.60. The van der Waals surface area contributed by atoms with Crippen molar-refractivity contribution in [1.82, 2.24) is 0 Å². The van der Waals surface area contributed by atoms with Crippen LogP contribution in [0.15, 0.2) is 41.3 Å². The van der Waals surface area contributed by atoms with E-state index in [-0.39, 0.29) is 5.69 Å². The average Bonchev–Trinajstić information content (AvgIpc) is 2.43. The Labute approximate surface area is 120 Å². The van der Waals surface area contributed by atoms with E-state index in [1.807, 2.05) is 13.0 Å². The summed E-state index contributed by atoms with van der Waals surface area (Å²) in [6, 6.07) is 10.9. The van der Waals surface area contributed by atoms with Crippen molar-refractivity contribution in [3.05, 3.63) is 53.6 Å². The van der Waals surface area contributed by atoms with Crippen LogP contribution in [0.4, 0.5) is 20.2 Å². The first-order valence-electron chi connectivity index (χ1n) is 6.04. The summed E-state index contributed by atoms with van der Waals surface area (Å²) in [6.45, 7) is 1.97. The molecule has 2 aromatic carbocycles. The third-order valence-electron chi connectivity index (χ3n) is 2.66. The molecule has 2 aromatic rings. The second-order valence-electron chi connectivity index (χ2n) is 3.95. The van der Waals surface area contributed by atoms with Gasteiger partial charge in [-0.15, -0.1) is 11.8 Å². The van der Waals surface area contributed by atoms with Crippen LogP contribution < -0.4 is 5.32 Å². The summed E-state index contributed by atoms with van der Waals surface area (Å²) in [7, 11) is 0. The molecule has 0 radical (unpaired) electrons. The van der Waals surface area contributed by atoms with Gasteiger partial charge in [0.05, 0.1) is 11.3 Å². The molecule has 2 nitrogen and oxygen atoms in total. The highest BCUT2D eigenvalue weighted by molar-refractivity contribution is 7.99. The van der Waals surface area contributed by atoms with E-state index in [1.165, 1.54) is 30.0 Å². The van der Waals surface area contributed by atoms with Gasteiger partial charge in [0.1, 0.15) is 23.4 Å². The number of nitrogens with zero attached hydrogens (tertiary/aromatic N) is 1. The lowest BCUT2D eigenvalue weighted by Gasteiger charge is -2.12. The Morgan fingerprint density at radius 3 is 2.40 bits per heavy atom. The minimum absolute atomic E-state index is 0.248. The van der Waals surface area contributed by atoms with Gasteiger partial charge in [-0.05, 0) is 30.0 Å². The molecule has 0 aromatic heterocycles. The van der Waals surface area contributed by atoms with Gasteiger partial charge in [0.15, 0.2) is 0 Å². The number of hydrogen-bond donors (Lipinski definition) is 1. The minimum atomic E-state index is -0.692. The molecule has 0 saturated carbocycles. The molecular weight excluding hydrogens is 278 g/mol. The zero-order valence-corrected chi connectivity index (χ0v) is 11.6. The number of rotatable bonds is 4. The van der Waals surface area contributed by atoms with E-state index in [2.05, 4.69) is 11.4 Å². The summed E-state index contributed by atoms with van der Waals surface area (Å²) in [4.78, 5) is 0.789. The molecule has 0 aliphatic rings. The van der Waals surface area contributed by atoms with Crippen LogP contribution in [0, 0.1) is 23.0 Å². The molecule has 2 rings (SSSR count). The minimum Gasteiger partial charge on any atom is -0.350 e. The Morgan fingerprint density at radius 1 is 1.15 bits per heavy atom. The number of anilines is 2. The molecule has 0 unspecified atom stereocenters. The smallest absolute Gasteiger partial charge is 0.149 e. The van der Waals surface area contributed by atoms with E-state index in [4.69, 9.17) is 0 Å². The van der Waals surface area contributed by atoms with E-state index >= 15 is 0 Å². The van der Waals surface area contributed by atoms with Gasteiger partial charge in [0.2, 0.25) is 0 Å². The van der Waals surface area contributed by atoms with Crippen LogP contribution >= 0.6 is 11.8 Å². The van der Waals surface area contributed by atoms with Crippen molar-refractivity contribution in [3.63, 3.8) is 0 Å². The van der Waals surface area contributed by atoms with Crippen LogP contribution in [0.2, 0.25) is 0 Å². The van der Waals surface area contributed by atoms with Gasteiger partial charge in [0, 0.05) is 4.90 Å². The fraction of sp³-hybridized carbons (Fsp3) is 0.133. The van der Waals surface area contributed by atoms with Crippen LogP contribution in [0.25, 0.3) is 0 Å². The predicted octanol–water partition coefficient (Wildman–Crippen LogP) is 4.69. The van der Waals surface area contributed by atoms with Crippen LogP contribution in [-0.2, 0) is 0 Å². The van der Waals surface area contributed by atoms with Gasteiger partial charge < -0.3 is 5.32 Å². The second kappa shape index (κ2) is 6.40. The van der Waals surface area contributed by atoms with Gasteiger partial charge in [0.25, 0.3) is 0 Å². The van der Waals surface area contributed by atoms with Gasteiger partial charge in [-0.1, -0.05) is 19.1 Å². The highest BCUT2D eigenvalue weighted by Gasteiger charge is 2.13. The van der Waals surface area contributed by atoms with Crippen molar-refractivity contribution in [3.8, 4) is 6.07 Å². The van der Waals surface area contributed by atoms with Crippen molar-refractivity contribution in [2.45, 2.75) is 11.8 Å². The molecule has 0 bridgehead atoms. The lowest BCUT2D eigenvalue weighted by atomic mass is 10.2. The van der Waals surface area contributed by atoms with Gasteiger partial charge in [-0.3, -0.25) is 0 Å². The van der Waals surface area contributed by atoms with Gasteiger partial charge in [-0.2, -0.15) is 5.26 Å². The predicted molar refractivity (Wildman–Crippen MR) is 77.2 cm³/mol. The van der Waals surface area contributed by atoms with E-state index < -0.39 is 11.6 Å². The number of para-hydroxylation sites is 1. The lowest BCUT2D eigenvalue weighted by molar-refractivity contribution is 0.591. The summed E-state index contributed by atoms with van der Waals surface area (Å²) in [5.41, 5.74) is 0.541. The third kappa shape index (κ3) is 2.91. The molecule has 0 amide bonds. The number of nitriles is 1. The largest absolute Gasteiger partial charge is 0.350 e. The van der Waals surface area contributed by atoms with Crippen LogP contribution in [0.3, 0.4) is 0 Å². The van der Waals surface area contributed by atoms with Crippen molar-refractivity contribution in [2.75, 3.05) is 11.1 Å². The molecule has 0 aliphatic carbocycles. The van der Waals surface area contributed by atoms with E-state index in [0.717, 1.165) is 10.6 Å². The maximum absolute atomic E-state index is 13.6. The fourth-order valence-electron chi connectivity index (χ4n) is 1.78. The van der Waals surface area contributed by atoms with Crippen molar-refractivity contribution < 1.29 is 8.78 Å². The summed E-state index contributed by atoms with van der Waals surface area (Å²) in [5, 5.41) is 11.9. The van der Waals surface area contributed by atoms with Crippen LogP contribution in [-0.4, -0.2) is 5.75 Å². The summed E-state index contributed by atoms with van der Waals surface area (Å²) in [5.74, 6) is -0.573. The zero-order chi connectivity index (χ0) is 14.5. The van der Waals surface area contributed by atoms with Gasteiger partial charge in [-0.25, -0.2) is 8.78 Å². The number of thioether (sulfide) groups is 1. The Morgan fingerprint density at radius 2 is 1.80 bits per heavy atom. The van der Waals surface area contributed by atoms with Crippen molar-refractivity contribution >= 4 is 23.1 Å². The summed E-state index contributed by atoms with van der Waals surface area (Å²) in [6.07, 6.45) is 0. The molecule has 1 N–H and O–H groups in total. The standard InChI is InChI=1S/C15H12F2N2S/c1-2-20-14-8-4-7-13(10(14)9-18)19-15-11(16)5-3-6-12(15)17/h3-8,19H,2H2,1H3. The van der Waals surface area contributed by atoms with Crippen LogP contribution in [0.1, 0.15) is 12.5 Å². The topological polar surface area (TPSA) is 35.8 Å². The van der Waals surface area contributed by atoms with E-state index in [9.17, 15) is 14.0 Å². The molecular formula is C15H12F2N2S. The zero-order valence-electron chi connectivity index (χ0n) is 10.8. The van der Waals surface area contributed by atoms with Crippen LogP contribution in [0.5, 0.6) is 0 Å². The number of benzene rings is 2. The number of hydrogen-bond acceptors (Lipinski definition) is 3. The maximum atomic E-state index is 13.6. The Bertz CT molecular complexity index is 645. The molecule has 0 saturated heterocycles. The first-order chi connectivity index (χ1) is 9.67. The van der Waals surface area contributed by atoms with E-state index in [0.29, 0.717) is 11.3 Å². The molecule has 0 fully saturated rings. The van der Waals surface area contributed by atoms with E-state index in [1.54, 1.807) is 12.1 Å². The first-order valence-corrected chi connectivity index (χ1v) is 7.03. The summed E-state index contributed by atoms with van der Waals surface area (Å²) < 4.78 is 27.3. The highest BCUT2D eigenvalue weighted by atomic mass is 32.2. The Balaban J connectivity index is 2.44. The average molecular weight is 290 g/mol. The maximum Gasteiger partial charge on any atom is 0.149 e. The molecule has 0 heterocycles. The monoisotopic (exact) mass is 290 g/mol. The SMILES string of the molecule is CCSc1cccc(Nc2c(F)cccc2F)c1C#N. The Kier molecular flexibility index (Phi) is 4.59. The normalized spacial score (nSPS) is 10.1. The highest BCUT2D eigenvalue weighted by Crippen LogP contribution is 2.31.